The third kappa shape index (κ3) is 2.66. The monoisotopic (exact) mass is 225 g/mol. The molecule has 15 heavy (non-hydrogen) atoms. The fourth-order valence-corrected chi connectivity index (χ4v) is 1.83. The van der Waals surface area contributed by atoms with Crippen molar-refractivity contribution in [1.82, 2.24) is 15.1 Å². The predicted octanol–water partition coefficient (Wildman–Crippen LogP) is 0.866. The molecule has 7 heteroatoms. The molecule has 0 saturated carbocycles. The number of aryl methyl sites for hydroxylation is 2. The van der Waals surface area contributed by atoms with E-state index in [1.54, 1.807) is 0 Å². The van der Waals surface area contributed by atoms with Gasteiger partial charge in [-0.15, -0.1) is 11.3 Å². The summed E-state index contributed by atoms with van der Waals surface area (Å²) in [6.45, 7) is 0. The van der Waals surface area contributed by atoms with Gasteiger partial charge in [0, 0.05) is 11.8 Å². The second-order valence-electron chi connectivity index (χ2n) is 3.08. The SMILES string of the molecule is Nc1noc(CCCc2csc(N)n2)n1. The molecule has 80 valence electrons. The lowest BCUT2D eigenvalue weighted by molar-refractivity contribution is 0.376. The Bertz CT molecular complexity index is 397. The largest absolute Gasteiger partial charge is 0.375 e. The van der Waals surface area contributed by atoms with Crippen LogP contribution in [0.15, 0.2) is 9.90 Å². The number of hydrogen-bond donors (Lipinski definition) is 2. The summed E-state index contributed by atoms with van der Waals surface area (Å²) in [4.78, 5) is 8.06. The quantitative estimate of drug-likeness (QED) is 0.800. The third-order valence-corrected chi connectivity index (χ3v) is 2.60. The van der Waals surface area contributed by atoms with Crippen LogP contribution >= 0.6 is 11.3 Å². The van der Waals surface area contributed by atoms with Crippen molar-refractivity contribution in [3.63, 3.8) is 0 Å². The molecule has 0 amide bonds. The number of rotatable bonds is 4. The Morgan fingerprint density at radius 1 is 1.27 bits per heavy atom. The Kier molecular flexibility index (Phi) is 2.82. The van der Waals surface area contributed by atoms with Crippen LogP contribution in [0.4, 0.5) is 11.1 Å². The highest BCUT2D eigenvalue weighted by Gasteiger charge is 2.04. The van der Waals surface area contributed by atoms with Crippen LogP contribution in [0.25, 0.3) is 0 Å². The number of nitrogens with two attached hydrogens (primary N) is 2. The molecule has 0 aliphatic carbocycles. The van der Waals surface area contributed by atoms with Crippen molar-refractivity contribution in [2.45, 2.75) is 19.3 Å². The number of thiazole rings is 1. The predicted molar refractivity (Wildman–Crippen MR) is 57.3 cm³/mol. The van der Waals surface area contributed by atoms with Crippen molar-refractivity contribution in [2.24, 2.45) is 0 Å². The molecule has 0 saturated heterocycles. The van der Waals surface area contributed by atoms with E-state index in [1.165, 1.54) is 11.3 Å². The fourth-order valence-electron chi connectivity index (χ4n) is 1.23. The molecule has 2 heterocycles. The minimum atomic E-state index is 0.183. The van der Waals surface area contributed by atoms with Gasteiger partial charge in [-0.05, 0) is 18.0 Å². The van der Waals surface area contributed by atoms with Gasteiger partial charge in [-0.25, -0.2) is 4.98 Å². The standard InChI is InChI=1S/C8H11N5OS/c9-7-12-6(14-13-7)3-1-2-5-4-15-8(10)11-5/h4H,1-3H2,(H2,9,13)(H2,10,11). The van der Waals surface area contributed by atoms with Gasteiger partial charge in [-0.1, -0.05) is 0 Å². The molecule has 0 radical (unpaired) electrons. The van der Waals surface area contributed by atoms with Crippen LogP contribution in [0.1, 0.15) is 18.0 Å². The zero-order chi connectivity index (χ0) is 10.7. The van der Waals surface area contributed by atoms with Crippen LogP contribution in [0, 0.1) is 0 Å². The lowest BCUT2D eigenvalue weighted by atomic mass is 10.2. The smallest absolute Gasteiger partial charge is 0.260 e. The summed E-state index contributed by atoms with van der Waals surface area (Å²) in [7, 11) is 0. The first kappa shape index (κ1) is 9.91. The molecule has 6 nitrogen and oxygen atoms in total. The van der Waals surface area contributed by atoms with Crippen molar-refractivity contribution in [3.05, 3.63) is 17.0 Å². The molecule has 0 spiro atoms. The molecule has 0 fully saturated rings. The van der Waals surface area contributed by atoms with Gasteiger partial charge in [0.1, 0.15) is 0 Å². The maximum Gasteiger partial charge on any atom is 0.260 e. The van der Waals surface area contributed by atoms with Gasteiger partial charge in [0.05, 0.1) is 5.69 Å². The second-order valence-corrected chi connectivity index (χ2v) is 3.97. The third-order valence-electron chi connectivity index (χ3n) is 1.88. The Morgan fingerprint density at radius 2 is 2.13 bits per heavy atom. The molecule has 2 aromatic rings. The van der Waals surface area contributed by atoms with E-state index in [9.17, 15) is 0 Å². The van der Waals surface area contributed by atoms with Gasteiger partial charge < -0.3 is 16.0 Å². The van der Waals surface area contributed by atoms with Crippen LogP contribution in [0.2, 0.25) is 0 Å². The maximum atomic E-state index is 5.51. The molecule has 2 rings (SSSR count). The van der Waals surface area contributed by atoms with E-state index in [4.69, 9.17) is 16.0 Å². The van der Waals surface area contributed by atoms with Crippen LogP contribution in [0.5, 0.6) is 0 Å². The van der Waals surface area contributed by atoms with Crippen LogP contribution in [-0.4, -0.2) is 15.1 Å². The van der Waals surface area contributed by atoms with Crippen molar-refractivity contribution in [3.8, 4) is 0 Å². The van der Waals surface area contributed by atoms with E-state index in [-0.39, 0.29) is 5.95 Å². The van der Waals surface area contributed by atoms with Gasteiger partial charge in [-0.3, -0.25) is 0 Å². The van der Waals surface area contributed by atoms with E-state index in [2.05, 4.69) is 15.1 Å². The highest BCUT2D eigenvalue weighted by molar-refractivity contribution is 7.13. The minimum Gasteiger partial charge on any atom is -0.375 e. The maximum absolute atomic E-state index is 5.51. The van der Waals surface area contributed by atoms with E-state index >= 15 is 0 Å². The van der Waals surface area contributed by atoms with Gasteiger partial charge in [0.2, 0.25) is 5.89 Å². The molecule has 2 aromatic heterocycles. The zero-order valence-electron chi connectivity index (χ0n) is 8.01. The molecule has 0 aliphatic rings. The molecular formula is C8H11N5OS. The molecular weight excluding hydrogens is 214 g/mol. The lowest BCUT2D eigenvalue weighted by Crippen LogP contribution is -1.92. The van der Waals surface area contributed by atoms with Crippen molar-refractivity contribution < 1.29 is 4.52 Å². The number of nitrogens with zero attached hydrogens (tertiary/aromatic N) is 3. The number of nitrogen functional groups attached to an aromatic ring is 2. The number of aromatic nitrogens is 3. The summed E-state index contributed by atoms with van der Waals surface area (Å²) < 4.78 is 4.88. The summed E-state index contributed by atoms with van der Waals surface area (Å²) in [5.74, 6) is 0.749. The summed E-state index contributed by atoms with van der Waals surface area (Å²) in [6.07, 6.45) is 2.46. The fraction of sp³-hybridized carbons (Fsp3) is 0.375. The number of hydrogen-bond acceptors (Lipinski definition) is 7. The van der Waals surface area contributed by atoms with E-state index in [1.807, 2.05) is 5.38 Å². The average Bonchev–Trinajstić information content (AvgIpc) is 2.76. The lowest BCUT2D eigenvalue weighted by Gasteiger charge is -1.92. The molecule has 0 aliphatic heterocycles. The normalized spacial score (nSPS) is 10.7. The van der Waals surface area contributed by atoms with Crippen LogP contribution < -0.4 is 11.5 Å². The zero-order valence-corrected chi connectivity index (χ0v) is 8.83. The second kappa shape index (κ2) is 4.26. The van der Waals surface area contributed by atoms with Crippen molar-refractivity contribution in [1.29, 1.82) is 0 Å². The molecule has 0 aromatic carbocycles. The summed E-state index contributed by atoms with van der Waals surface area (Å²) >= 11 is 1.45. The highest BCUT2D eigenvalue weighted by Crippen LogP contribution is 2.13. The van der Waals surface area contributed by atoms with Gasteiger partial charge in [0.15, 0.2) is 5.13 Å². The Morgan fingerprint density at radius 3 is 2.73 bits per heavy atom. The van der Waals surface area contributed by atoms with E-state index < -0.39 is 0 Å². The topological polar surface area (TPSA) is 104 Å². The summed E-state index contributed by atoms with van der Waals surface area (Å²) in [5, 5.41) is 6.06. The minimum absolute atomic E-state index is 0.183. The Hall–Kier alpha value is -1.63. The van der Waals surface area contributed by atoms with Gasteiger partial charge >= 0.3 is 0 Å². The molecule has 0 bridgehead atoms. The first-order valence-corrected chi connectivity index (χ1v) is 5.40. The van der Waals surface area contributed by atoms with E-state index in [0.717, 1.165) is 18.5 Å². The summed E-state index contributed by atoms with van der Waals surface area (Å²) in [5.41, 5.74) is 11.8. The molecule has 0 atom stereocenters. The van der Waals surface area contributed by atoms with Crippen LogP contribution in [0.3, 0.4) is 0 Å². The van der Waals surface area contributed by atoms with E-state index in [0.29, 0.717) is 17.4 Å². The van der Waals surface area contributed by atoms with Gasteiger partial charge in [0.25, 0.3) is 5.95 Å². The van der Waals surface area contributed by atoms with Gasteiger partial charge in [-0.2, -0.15) is 4.98 Å². The highest BCUT2D eigenvalue weighted by atomic mass is 32.1. The van der Waals surface area contributed by atoms with Crippen LogP contribution in [-0.2, 0) is 12.8 Å². The van der Waals surface area contributed by atoms with Crippen molar-refractivity contribution >= 4 is 22.4 Å². The molecule has 0 unspecified atom stereocenters. The average molecular weight is 225 g/mol. The summed E-state index contributed by atoms with van der Waals surface area (Å²) in [6, 6.07) is 0. The number of anilines is 2. The first-order chi connectivity index (χ1) is 7.24. The Balaban J connectivity index is 1.80. The Labute approximate surface area is 90.3 Å². The first-order valence-electron chi connectivity index (χ1n) is 4.52. The van der Waals surface area contributed by atoms with Crippen molar-refractivity contribution in [2.75, 3.05) is 11.5 Å². The molecule has 4 N–H and O–H groups in total.